The van der Waals surface area contributed by atoms with Crippen LogP contribution in [-0.4, -0.2) is 54.8 Å². The first-order chi connectivity index (χ1) is 20.0. The molecule has 0 saturated carbocycles. The first kappa shape index (κ1) is 31.3. The monoisotopic (exact) mass is 653 g/mol. The summed E-state index contributed by atoms with van der Waals surface area (Å²) in [5.41, 5.74) is 1.61. The molecule has 3 aromatic carbocycles. The van der Waals surface area contributed by atoms with Crippen molar-refractivity contribution in [2.24, 2.45) is 0 Å². The van der Waals surface area contributed by atoms with E-state index >= 15 is 0 Å². The molecule has 1 heterocycles. The summed E-state index contributed by atoms with van der Waals surface area (Å²) in [4.78, 5) is 21.7. The highest BCUT2D eigenvalue weighted by molar-refractivity contribution is 7.81. The van der Waals surface area contributed by atoms with Crippen LogP contribution in [0.2, 0.25) is 0 Å². The Morgan fingerprint density at radius 2 is 1.07 bits per heavy atom. The van der Waals surface area contributed by atoms with Gasteiger partial charge in [-0.25, -0.2) is 9.97 Å². The molecule has 0 aliphatic heterocycles. The number of rotatable bonds is 11. The Labute approximate surface area is 244 Å². The zero-order valence-electron chi connectivity index (χ0n) is 21.3. The van der Waals surface area contributed by atoms with Gasteiger partial charge in [-0.1, -0.05) is 12.1 Å². The summed E-state index contributed by atoms with van der Waals surface area (Å²) in [5.74, 6) is -1.11. The van der Waals surface area contributed by atoms with Crippen LogP contribution in [0.5, 0.6) is 17.2 Å². The number of carbonyl (C=O) groups is 1. The minimum Gasteiger partial charge on any atom is -0.362 e. The van der Waals surface area contributed by atoms with Crippen molar-refractivity contribution in [2.45, 2.75) is 6.42 Å². The third kappa shape index (κ3) is 9.70. The second-order valence-electron chi connectivity index (χ2n) is 8.40. The van der Waals surface area contributed by atoms with Crippen molar-refractivity contribution in [1.29, 1.82) is 0 Å². The highest BCUT2D eigenvalue weighted by atomic mass is 32.3. The maximum absolute atomic E-state index is 12.9. The zero-order chi connectivity index (χ0) is 31.4. The normalized spacial score (nSPS) is 11.9. The topological polar surface area (TPSA) is 246 Å². The standard InChI is InChI=1S/C24H19N3O13S3/c28-22(13-15-1-7-18(8-2-15)38-41(29,30)31)27-24-23(17-5-11-20(12-6-17)40-43(35,36)37)26-21(14-25-24)16-3-9-19(10-4-16)39-42(32,33)34/h1-12,14H,13H2,(H,25,27,28)(H,29,30,31)(H,32,33,34)(H,35,36,37). The number of hydrogen-bond donors (Lipinski definition) is 4. The van der Waals surface area contributed by atoms with Gasteiger partial charge in [-0.3, -0.25) is 18.5 Å². The maximum atomic E-state index is 12.9. The predicted octanol–water partition coefficient (Wildman–Crippen LogP) is 2.54. The zero-order valence-corrected chi connectivity index (χ0v) is 23.7. The van der Waals surface area contributed by atoms with Gasteiger partial charge in [0.05, 0.1) is 18.3 Å². The van der Waals surface area contributed by atoms with Crippen molar-refractivity contribution in [3.8, 4) is 39.8 Å². The third-order valence-corrected chi connectivity index (χ3v) is 6.41. The Morgan fingerprint density at radius 3 is 1.51 bits per heavy atom. The van der Waals surface area contributed by atoms with Gasteiger partial charge in [-0.2, -0.15) is 25.3 Å². The van der Waals surface area contributed by atoms with E-state index in [0.29, 0.717) is 16.7 Å². The molecule has 4 aromatic rings. The van der Waals surface area contributed by atoms with Crippen LogP contribution in [0.1, 0.15) is 5.56 Å². The fourth-order valence-corrected chi connectivity index (χ4v) is 4.62. The van der Waals surface area contributed by atoms with E-state index in [0.717, 1.165) is 0 Å². The summed E-state index contributed by atoms with van der Waals surface area (Å²) < 4.78 is 105. The highest BCUT2D eigenvalue weighted by Crippen LogP contribution is 2.30. The summed E-state index contributed by atoms with van der Waals surface area (Å²) in [7, 11) is -14.2. The molecule has 0 spiro atoms. The molecule has 0 aliphatic carbocycles. The Balaban J connectivity index is 1.63. The minimum atomic E-state index is -4.78. The number of benzene rings is 3. The van der Waals surface area contributed by atoms with E-state index in [1.165, 1.54) is 79.0 Å². The quantitative estimate of drug-likeness (QED) is 0.170. The van der Waals surface area contributed by atoms with Crippen LogP contribution in [0.3, 0.4) is 0 Å². The Bertz CT molecular complexity index is 1970. The number of nitrogens with zero attached hydrogens (tertiary/aromatic N) is 2. The molecular weight excluding hydrogens is 634 g/mol. The van der Waals surface area contributed by atoms with Crippen molar-refractivity contribution in [1.82, 2.24) is 9.97 Å². The molecule has 1 aromatic heterocycles. The largest absolute Gasteiger partial charge is 0.446 e. The summed E-state index contributed by atoms with van der Waals surface area (Å²) >= 11 is 0. The van der Waals surface area contributed by atoms with E-state index in [2.05, 4.69) is 27.8 Å². The molecule has 43 heavy (non-hydrogen) atoms. The molecule has 4 N–H and O–H groups in total. The molecule has 0 bridgehead atoms. The van der Waals surface area contributed by atoms with Gasteiger partial charge in [0, 0.05) is 11.1 Å². The van der Waals surface area contributed by atoms with Crippen LogP contribution < -0.4 is 17.9 Å². The van der Waals surface area contributed by atoms with Gasteiger partial charge in [0.25, 0.3) is 0 Å². The Kier molecular flexibility index (Phi) is 8.94. The lowest BCUT2D eigenvalue weighted by atomic mass is 10.1. The molecule has 0 atom stereocenters. The van der Waals surface area contributed by atoms with E-state index in [-0.39, 0.29) is 40.9 Å². The van der Waals surface area contributed by atoms with Crippen molar-refractivity contribution < 1.29 is 56.3 Å². The molecule has 4 rings (SSSR count). The maximum Gasteiger partial charge on any atom is 0.446 e. The molecule has 0 radical (unpaired) electrons. The first-order valence-electron chi connectivity index (χ1n) is 11.5. The molecular formula is C24H19N3O13S3. The van der Waals surface area contributed by atoms with E-state index in [9.17, 15) is 30.0 Å². The molecule has 0 aliphatic rings. The summed E-state index contributed by atoms with van der Waals surface area (Å²) in [6.07, 6.45) is 1.13. The third-order valence-electron chi connectivity index (χ3n) is 5.20. The number of carbonyl (C=O) groups excluding carboxylic acids is 1. The second-order valence-corrected chi connectivity index (χ2v) is 11.5. The number of nitrogens with one attached hydrogen (secondary N) is 1. The molecule has 0 unspecified atom stereocenters. The van der Waals surface area contributed by atoms with Crippen LogP contribution in [0.25, 0.3) is 22.5 Å². The van der Waals surface area contributed by atoms with Crippen molar-refractivity contribution in [3.05, 3.63) is 84.6 Å². The molecule has 0 fully saturated rings. The van der Waals surface area contributed by atoms with Crippen molar-refractivity contribution >= 4 is 42.9 Å². The summed E-state index contributed by atoms with van der Waals surface area (Å²) in [6, 6.07) is 15.9. The number of amides is 1. The number of hydrogen-bond acceptors (Lipinski definition) is 12. The molecule has 226 valence electrons. The summed E-state index contributed by atoms with van der Waals surface area (Å²) in [5, 5.41) is 2.62. The Morgan fingerprint density at radius 1 is 0.651 bits per heavy atom. The van der Waals surface area contributed by atoms with Gasteiger partial charge < -0.3 is 17.9 Å². The second kappa shape index (κ2) is 12.3. The van der Waals surface area contributed by atoms with Gasteiger partial charge in [0.15, 0.2) is 5.82 Å². The predicted molar refractivity (Wildman–Crippen MR) is 148 cm³/mol. The number of aromatic nitrogens is 2. The molecule has 16 nitrogen and oxygen atoms in total. The fourth-order valence-electron chi connectivity index (χ4n) is 3.56. The van der Waals surface area contributed by atoms with Gasteiger partial charge in [0.1, 0.15) is 22.9 Å². The van der Waals surface area contributed by atoms with Gasteiger partial charge in [-0.05, 0) is 66.2 Å². The van der Waals surface area contributed by atoms with Crippen LogP contribution >= 0.6 is 0 Å². The average Bonchev–Trinajstić information content (AvgIpc) is 2.88. The highest BCUT2D eigenvalue weighted by Gasteiger charge is 2.17. The first-order valence-corrected chi connectivity index (χ1v) is 15.6. The van der Waals surface area contributed by atoms with E-state index < -0.39 is 37.1 Å². The van der Waals surface area contributed by atoms with Gasteiger partial charge in [0.2, 0.25) is 5.91 Å². The van der Waals surface area contributed by atoms with Crippen molar-refractivity contribution in [2.75, 3.05) is 5.32 Å². The van der Waals surface area contributed by atoms with Crippen LogP contribution in [0, 0.1) is 0 Å². The smallest absolute Gasteiger partial charge is 0.362 e. The Hall–Kier alpha value is -4.66. The lowest BCUT2D eigenvalue weighted by molar-refractivity contribution is -0.115. The SMILES string of the molecule is O=C(Cc1ccc(OS(=O)(=O)O)cc1)Nc1ncc(-c2ccc(OS(=O)(=O)O)cc2)nc1-c1ccc(OS(=O)(=O)O)cc1. The van der Waals surface area contributed by atoms with Crippen LogP contribution in [0.4, 0.5) is 5.82 Å². The number of anilines is 1. The van der Waals surface area contributed by atoms with Gasteiger partial charge in [-0.15, -0.1) is 0 Å². The molecule has 0 saturated heterocycles. The minimum absolute atomic E-state index is 0.00477. The van der Waals surface area contributed by atoms with Gasteiger partial charge >= 0.3 is 31.2 Å². The molecule has 19 heteroatoms. The fraction of sp³-hybridized carbons (Fsp3) is 0.0417. The lowest BCUT2D eigenvalue weighted by Gasteiger charge is -2.13. The van der Waals surface area contributed by atoms with E-state index in [4.69, 9.17) is 13.7 Å². The van der Waals surface area contributed by atoms with E-state index in [1.807, 2.05) is 0 Å². The van der Waals surface area contributed by atoms with Crippen molar-refractivity contribution in [3.63, 3.8) is 0 Å². The molecule has 1 amide bonds. The average molecular weight is 654 g/mol. The lowest BCUT2D eigenvalue weighted by Crippen LogP contribution is -2.16. The van der Waals surface area contributed by atoms with Crippen LogP contribution in [0.15, 0.2) is 79.0 Å². The van der Waals surface area contributed by atoms with Crippen LogP contribution in [-0.2, 0) is 42.4 Å². The summed E-state index contributed by atoms with van der Waals surface area (Å²) in [6.45, 7) is 0. The van der Waals surface area contributed by atoms with E-state index in [1.54, 1.807) is 0 Å².